The lowest BCUT2D eigenvalue weighted by atomic mass is 10.1. The second-order valence-electron chi connectivity index (χ2n) is 24.6. The van der Waals surface area contributed by atoms with E-state index in [0.29, 0.717) is 66.2 Å². The van der Waals surface area contributed by atoms with Crippen molar-refractivity contribution in [2.24, 2.45) is 25.5 Å². The summed E-state index contributed by atoms with van der Waals surface area (Å²) in [5.74, 6) is -6.14. The maximum absolute atomic E-state index is 13.1. The molecule has 0 aromatic heterocycles. The fourth-order valence-electron chi connectivity index (χ4n) is 8.90. The number of nitrogens with one attached hydrogen (secondary N) is 5. The van der Waals surface area contributed by atoms with E-state index < -0.39 is 23.7 Å². The zero-order valence-corrected chi connectivity index (χ0v) is 64.0. The van der Waals surface area contributed by atoms with Crippen LogP contribution in [0.2, 0.25) is 0 Å². The van der Waals surface area contributed by atoms with E-state index in [9.17, 15) is 67.1 Å². The Morgan fingerprint density at radius 1 is 0.342 bits per heavy atom. The average molecular weight is 1630 g/mol. The molecule has 0 radical (unpaired) electrons. The number of carbonyl (C=O) groups excluding carboxylic acids is 5. The molecule has 0 bridgehead atoms. The van der Waals surface area contributed by atoms with Crippen LogP contribution < -0.4 is 69.8 Å². The lowest BCUT2D eigenvalue weighted by Crippen LogP contribution is -3.00. The third-order valence-electron chi connectivity index (χ3n) is 15.3. The summed E-state index contributed by atoms with van der Waals surface area (Å²) >= 11 is 0. The molecule has 0 unspecified atom stereocenters. The summed E-state index contributed by atoms with van der Waals surface area (Å²) in [6, 6.07) is 59.2. The number of hydrogen-bond donors (Lipinski definition) is 10. The molecule has 0 aliphatic rings. The predicted octanol–water partition coefficient (Wildman–Crippen LogP) is 10.8. The van der Waals surface area contributed by atoms with Crippen molar-refractivity contribution in [2.45, 2.75) is 39.5 Å². The van der Waals surface area contributed by atoms with Gasteiger partial charge in [-0.05, 0) is 147 Å². The number of aromatic hydroxyl groups is 5. The number of halogens is 5. The first-order valence-corrected chi connectivity index (χ1v) is 33.1. The minimum atomic E-state index is -2.96. The van der Waals surface area contributed by atoms with Gasteiger partial charge in [0.05, 0.1) is 73.5 Å². The highest BCUT2D eigenvalue weighted by Crippen LogP contribution is 2.29. The monoisotopic (exact) mass is 1630 g/mol. The molecule has 0 aliphatic carbocycles. The number of aryl methyl sites for hydroxylation is 2. The van der Waals surface area contributed by atoms with Crippen LogP contribution in [0, 0.1) is 13.8 Å². The van der Waals surface area contributed by atoms with Crippen molar-refractivity contribution in [1.29, 1.82) is 0 Å². The Bertz CT molecular complexity index is 4770. The summed E-state index contributed by atoms with van der Waals surface area (Å²) in [5.41, 5.74) is 19.1. The number of alkyl halides is 4. The van der Waals surface area contributed by atoms with Crippen LogP contribution in [0.5, 0.6) is 46.0 Å². The lowest BCUT2D eigenvalue weighted by molar-refractivity contribution is -0.000130. The van der Waals surface area contributed by atoms with E-state index in [1.807, 2.05) is 50.2 Å². The smallest absolute Gasteiger partial charge is 0.271 e. The van der Waals surface area contributed by atoms with Crippen molar-refractivity contribution in [1.82, 2.24) is 31.6 Å². The third kappa shape index (κ3) is 29.4. The van der Waals surface area contributed by atoms with Crippen molar-refractivity contribution in [3.63, 3.8) is 0 Å². The summed E-state index contributed by atoms with van der Waals surface area (Å²) in [6.45, 7) is 5.48. The summed E-state index contributed by atoms with van der Waals surface area (Å²) in [6.07, 6.45) is 6.72. The van der Waals surface area contributed by atoms with E-state index in [0.717, 1.165) is 30.7 Å². The van der Waals surface area contributed by atoms with Crippen molar-refractivity contribution in [3.8, 4) is 46.0 Å². The first kappa shape index (κ1) is 88.3. The molecule has 0 fully saturated rings. The number of benzene rings is 10. The predicted molar refractivity (Wildman–Crippen MR) is 416 cm³/mol. The molecule has 29 heteroatoms. The zero-order valence-electron chi connectivity index (χ0n) is 61.8. The SMILES string of the molecule is CC(F)(F)c1ccc(C(=O)N/N=C/c2ccccc2O)cc1.COc1ccc(/C=N/NC(=O)c2ccc(C(C)(F)F)cc2)c(O)c1.COc1ccc(/C=N/NC(=O)c2ccc(C)cc2)c(O)c1.COc1ccc(/C=N/NC(=O)c2ccc([N+](C)(C)C)cc2)c(O)c1.Cc1ccc(C(=O)N/N=C/c2ccccc2O)cc1.[I-]. The van der Waals surface area contributed by atoms with Gasteiger partial charge in [-0.1, -0.05) is 83.9 Å². The fraction of sp³-hybridized carbons (Fsp3) is 0.146. The maximum Gasteiger partial charge on any atom is 0.271 e. The second-order valence-corrected chi connectivity index (χ2v) is 24.6. The van der Waals surface area contributed by atoms with Crippen LogP contribution in [0.15, 0.2) is 250 Å². The topological polar surface area (TPSA) is 336 Å². The highest BCUT2D eigenvalue weighted by Gasteiger charge is 2.25. The zero-order chi connectivity index (χ0) is 80.6. The third-order valence-corrected chi connectivity index (χ3v) is 15.3. The molecule has 0 spiro atoms. The van der Waals surface area contributed by atoms with Gasteiger partial charge in [0.1, 0.15) is 51.7 Å². The van der Waals surface area contributed by atoms with Gasteiger partial charge in [-0.3, -0.25) is 28.5 Å². The number of ether oxygens (including phenoxy) is 3. The molecular formula is C82H82F4IN11O13. The lowest BCUT2D eigenvalue weighted by Gasteiger charge is -2.23. The van der Waals surface area contributed by atoms with Gasteiger partial charge < -0.3 is 63.7 Å². The van der Waals surface area contributed by atoms with Gasteiger partial charge in [-0.15, -0.1) is 0 Å². The van der Waals surface area contributed by atoms with Crippen molar-refractivity contribution in [2.75, 3.05) is 42.5 Å². The van der Waals surface area contributed by atoms with Gasteiger partial charge in [-0.25, -0.2) is 44.7 Å². The number of carbonyl (C=O) groups is 5. The van der Waals surface area contributed by atoms with Crippen molar-refractivity contribution < 1.29 is 105 Å². The summed E-state index contributed by atoms with van der Waals surface area (Å²) in [5, 5.41) is 67.4. The van der Waals surface area contributed by atoms with E-state index in [1.54, 1.807) is 115 Å². The molecule has 0 saturated heterocycles. The number of hydrogen-bond acceptors (Lipinski definition) is 18. The fourth-order valence-corrected chi connectivity index (χ4v) is 8.90. The molecule has 10 aromatic rings. The number of nitrogens with zero attached hydrogens (tertiary/aromatic N) is 6. The van der Waals surface area contributed by atoms with Gasteiger partial charge in [-0.2, -0.15) is 25.5 Å². The second kappa shape index (κ2) is 42.9. The molecule has 10 aromatic carbocycles. The summed E-state index contributed by atoms with van der Waals surface area (Å²) in [7, 11) is 10.7. The van der Waals surface area contributed by atoms with Gasteiger partial charge in [0, 0.05) is 98.8 Å². The number of phenols is 5. The Morgan fingerprint density at radius 3 is 0.784 bits per heavy atom. The number of methoxy groups -OCH3 is 3. The van der Waals surface area contributed by atoms with Crippen LogP contribution >= 0.6 is 0 Å². The number of hydrazone groups is 5. The van der Waals surface area contributed by atoms with Gasteiger partial charge in [0.2, 0.25) is 0 Å². The standard InChI is InChI=1S/C18H21N3O3.C17H16F2N2O3.C16H14F2N2O2.C16H16N2O3.C15H14N2O2.HI/c1-21(2,3)15-8-5-13(6-9-15)18(23)20-19-12-14-7-10-16(24-4)11-17(14)22;1-17(18,19)13-6-3-11(4-7-13)16(23)21-20-10-12-5-8-14(24-2)9-15(12)22;1-16(17,18)13-8-6-11(7-9-13)15(22)20-19-10-12-4-2-3-5-14(12)21;1-11-3-5-12(6-4-11)16(20)18-17-10-13-7-8-14(21-2)9-15(13)19;1-11-6-8-12(9-7-11)15(19)17-16-10-13-4-2-3-5-14(13)18;/h5-12H,1-4H3,(H-,19,20,22,23);3-10,22H,1-2H3,(H,21,23);2-10,21H,1H3,(H,20,22);3-10,19H,1-2H3,(H,18,20);2-10,18H,1H3,(H,17,19);1H/b;20-10+;19-10+;17-10+;16-10+;. The Kier molecular flexibility index (Phi) is 34.1. The van der Waals surface area contributed by atoms with Crippen molar-refractivity contribution >= 4 is 66.3 Å². The first-order chi connectivity index (χ1) is 52.3. The molecule has 0 atom stereocenters. The van der Waals surface area contributed by atoms with E-state index in [4.69, 9.17) is 14.2 Å². The largest absolute Gasteiger partial charge is 1.00 e. The molecular weight excluding hydrogens is 1550 g/mol. The molecule has 0 aliphatic heterocycles. The van der Waals surface area contributed by atoms with Gasteiger partial charge in [0.15, 0.2) is 0 Å². The van der Waals surface area contributed by atoms with Crippen LogP contribution in [-0.2, 0) is 11.8 Å². The Labute approximate surface area is 655 Å². The van der Waals surface area contributed by atoms with Gasteiger partial charge in [0.25, 0.3) is 41.4 Å². The Morgan fingerprint density at radius 2 is 0.568 bits per heavy atom. The quantitative estimate of drug-likeness (QED) is 0.0105. The maximum atomic E-state index is 13.1. The van der Waals surface area contributed by atoms with E-state index >= 15 is 0 Å². The first-order valence-electron chi connectivity index (χ1n) is 33.1. The number of amides is 5. The summed E-state index contributed by atoms with van der Waals surface area (Å²) in [4.78, 5) is 59.3. The van der Waals surface area contributed by atoms with E-state index in [1.165, 1.54) is 125 Å². The van der Waals surface area contributed by atoms with Crippen LogP contribution in [0.1, 0.15) is 116 Å². The highest BCUT2D eigenvalue weighted by atomic mass is 127. The number of para-hydroxylation sites is 2. The molecule has 5 amide bonds. The highest BCUT2D eigenvalue weighted by molar-refractivity contribution is 5.98. The molecule has 0 heterocycles. The van der Waals surface area contributed by atoms with Crippen LogP contribution in [-0.4, -0.2) is 129 Å². The molecule has 0 saturated carbocycles. The molecule has 578 valence electrons. The Hall–Kier alpha value is -13.3. The van der Waals surface area contributed by atoms with Crippen molar-refractivity contribution in [3.05, 3.63) is 302 Å². The van der Waals surface area contributed by atoms with Gasteiger partial charge >= 0.3 is 0 Å². The van der Waals surface area contributed by atoms with E-state index in [-0.39, 0.29) is 92.7 Å². The minimum Gasteiger partial charge on any atom is -1.00 e. The van der Waals surface area contributed by atoms with Crippen LogP contribution in [0.4, 0.5) is 23.2 Å². The molecule has 10 N–H and O–H groups in total. The Balaban J connectivity index is 0.000000248. The molecule has 24 nitrogen and oxygen atoms in total. The number of quaternary nitrogens is 1. The van der Waals surface area contributed by atoms with E-state index in [2.05, 4.69) is 73.8 Å². The van der Waals surface area contributed by atoms with Crippen LogP contribution in [0.3, 0.4) is 0 Å². The van der Waals surface area contributed by atoms with Crippen LogP contribution in [0.25, 0.3) is 0 Å². The summed E-state index contributed by atoms with van der Waals surface area (Å²) < 4.78 is 68.0. The molecule has 111 heavy (non-hydrogen) atoms. The normalized spacial score (nSPS) is 11.1. The minimum absolute atomic E-state index is 0. The number of phenolic OH excluding ortho intramolecular Hbond substituents is 5. The average Bonchev–Trinajstić information content (AvgIpc) is 0.852. The molecule has 10 rings (SSSR count). The number of rotatable bonds is 21.